The van der Waals surface area contributed by atoms with Crippen LogP contribution in [0.1, 0.15) is 11.1 Å². The maximum absolute atomic E-state index is 5.88. The van der Waals surface area contributed by atoms with Crippen LogP contribution in [0.3, 0.4) is 0 Å². The molecular weight excluding hydrogens is 224 g/mol. The van der Waals surface area contributed by atoms with Gasteiger partial charge < -0.3 is 22.9 Å². The Hall–Kier alpha value is -2.36. The highest BCUT2D eigenvalue weighted by atomic mass is 14.7. The topological polar surface area (TPSA) is 104 Å². The zero-order valence-corrected chi connectivity index (χ0v) is 10.6. The van der Waals surface area contributed by atoms with E-state index in [0.29, 0.717) is 22.7 Å². The van der Waals surface area contributed by atoms with Crippen LogP contribution in [0.2, 0.25) is 0 Å². The third-order valence-corrected chi connectivity index (χ3v) is 3.17. The minimum Gasteiger partial charge on any atom is -0.397 e. The van der Waals surface area contributed by atoms with Gasteiger partial charge in [-0.1, -0.05) is 0 Å². The molecule has 4 nitrogen and oxygen atoms in total. The summed E-state index contributed by atoms with van der Waals surface area (Å²) in [6.07, 6.45) is 0. The van der Waals surface area contributed by atoms with Gasteiger partial charge in [-0.3, -0.25) is 0 Å². The molecule has 2 aromatic carbocycles. The molecule has 8 N–H and O–H groups in total. The maximum Gasteiger partial charge on any atom is 0.0577 e. The van der Waals surface area contributed by atoms with Crippen molar-refractivity contribution in [2.24, 2.45) is 0 Å². The number of hydrogen-bond acceptors (Lipinski definition) is 4. The number of hydrogen-bond donors (Lipinski definition) is 4. The second-order valence-electron chi connectivity index (χ2n) is 4.59. The van der Waals surface area contributed by atoms with E-state index in [1.807, 2.05) is 38.1 Å². The molecule has 0 unspecified atom stereocenters. The van der Waals surface area contributed by atoms with Crippen LogP contribution in [0.25, 0.3) is 11.1 Å². The molecule has 94 valence electrons. The fraction of sp³-hybridized carbons (Fsp3) is 0.143. The number of benzene rings is 2. The smallest absolute Gasteiger partial charge is 0.0577 e. The minimum atomic E-state index is 0.582. The Morgan fingerprint density at radius 1 is 0.611 bits per heavy atom. The molecule has 2 rings (SSSR count). The molecule has 0 atom stereocenters. The molecule has 0 aliphatic heterocycles. The quantitative estimate of drug-likeness (QED) is 0.576. The summed E-state index contributed by atoms with van der Waals surface area (Å²) < 4.78 is 0. The molecule has 2 aromatic rings. The van der Waals surface area contributed by atoms with Gasteiger partial charge in [-0.2, -0.15) is 0 Å². The summed E-state index contributed by atoms with van der Waals surface area (Å²) >= 11 is 0. The zero-order valence-electron chi connectivity index (χ0n) is 10.6. The van der Waals surface area contributed by atoms with Gasteiger partial charge in [-0.25, -0.2) is 0 Å². The molecule has 0 amide bonds. The van der Waals surface area contributed by atoms with Crippen LogP contribution >= 0.6 is 0 Å². The van der Waals surface area contributed by atoms with Crippen molar-refractivity contribution >= 4 is 22.7 Å². The van der Waals surface area contributed by atoms with Crippen molar-refractivity contribution in [2.75, 3.05) is 22.9 Å². The highest BCUT2D eigenvalue weighted by Gasteiger charge is 2.07. The van der Waals surface area contributed by atoms with Crippen molar-refractivity contribution in [3.63, 3.8) is 0 Å². The Morgan fingerprint density at radius 3 is 1.22 bits per heavy atom. The molecular formula is C14H18N4. The molecule has 0 spiro atoms. The lowest BCUT2D eigenvalue weighted by molar-refractivity contribution is 1.44. The molecule has 0 aromatic heterocycles. The van der Waals surface area contributed by atoms with E-state index < -0.39 is 0 Å². The summed E-state index contributed by atoms with van der Waals surface area (Å²) in [6.45, 7) is 3.87. The lowest BCUT2D eigenvalue weighted by Gasteiger charge is -2.12. The fourth-order valence-corrected chi connectivity index (χ4v) is 1.98. The summed E-state index contributed by atoms with van der Waals surface area (Å²) in [6, 6.07) is 7.70. The Labute approximate surface area is 107 Å². The summed E-state index contributed by atoms with van der Waals surface area (Å²) in [5.74, 6) is 0. The lowest BCUT2D eigenvalue weighted by atomic mass is 9.98. The number of anilines is 4. The van der Waals surface area contributed by atoms with Gasteiger partial charge >= 0.3 is 0 Å². The molecule has 0 aliphatic carbocycles. The first kappa shape index (κ1) is 12.1. The maximum atomic E-state index is 5.88. The fourth-order valence-electron chi connectivity index (χ4n) is 1.98. The van der Waals surface area contributed by atoms with E-state index in [4.69, 9.17) is 22.9 Å². The first-order chi connectivity index (χ1) is 8.40. The highest BCUT2D eigenvalue weighted by Crippen LogP contribution is 2.32. The molecule has 0 heterocycles. The van der Waals surface area contributed by atoms with Crippen LogP contribution in [0.15, 0.2) is 24.3 Å². The number of aryl methyl sites for hydroxylation is 2. The van der Waals surface area contributed by atoms with E-state index in [1.54, 1.807) is 0 Å². The Balaban J connectivity index is 2.63. The molecule has 0 saturated heterocycles. The van der Waals surface area contributed by atoms with Gasteiger partial charge in [0.25, 0.3) is 0 Å². The largest absolute Gasteiger partial charge is 0.397 e. The molecule has 18 heavy (non-hydrogen) atoms. The molecule has 4 heteroatoms. The van der Waals surface area contributed by atoms with Gasteiger partial charge in [0.1, 0.15) is 0 Å². The van der Waals surface area contributed by atoms with Crippen LogP contribution in [0.5, 0.6) is 0 Å². The third kappa shape index (κ3) is 1.93. The van der Waals surface area contributed by atoms with Crippen LogP contribution in [-0.4, -0.2) is 0 Å². The Kier molecular flexibility index (Phi) is 2.79. The van der Waals surface area contributed by atoms with Gasteiger partial charge in [0.05, 0.1) is 22.7 Å². The van der Waals surface area contributed by atoms with E-state index in [9.17, 15) is 0 Å². The van der Waals surface area contributed by atoms with E-state index in [1.165, 1.54) is 0 Å². The standard InChI is InChI=1S/C14H18N4/c1-7-3-9(5-11(15)13(7)17)10-4-8(2)14(18)12(16)6-10/h3-6H,15-18H2,1-2H3. The predicted molar refractivity (Wildman–Crippen MR) is 79.0 cm³/mol. The summed E-state index contributed by atoms with van der Waals surface area (Å²) in [5, 5.41) is 0. The van der Waals surface area contributed by atoms with Crippen molar-refractivity contribution in [2.45, 2.75) is 13.8 Å². The van der Waals surface area contributed by atoms with Crippen LogP contribution in [-0.2, 0) is 0 Å². The van der Waals surface area contributed by atoms with E-state index >= 15 is 0 Å². The van der Waals surface area contributed by atoms with Gasteiger partial charge in [0.15, 0.2) is 0 Å². The highest BCUT2D eigenvalue weighted by molar-refractivity contribution is 5.82. The minimum absolute atomic E-state index is 0.582. The third-order valence-electron chi connectivity index (χ3n) is 3.17. The first-order valence-corrected chi connectivity index (χ1v) is 5.71. The van der Waals surface area contributed by atoms with Crippen molar-refractivity contribution < 1.29 is 0 Å². The Morgan fingerprint density at radius 2 is 0.944 bits per heavy atom. The molecule has 0 saturated carbocycles. The molecule has 0 radical (unpaired) electrons. The van der Waals surface area contributed by atoms with E-state index in [0.717, 1.165) is 22.3 Å². The van der Waals surface area contributed by atoms with Crippen molar-refractivity contribution in [1.29, 1.82) is 0 Å². The van der Waals surface area contributed by atoms with E-state index in [2.05, 4.69) is 0 Å². The van der Waals surface area contributed by atoms with Crippen molar-refractivity contribution in [3.8, 4) is 11.1 Å². The number of nitrogens with two attached hydrogens (primary N) is 4. The number of nitrogen functional groups attached to an aromatic ring is 4. The second-order valence-corrected chi connectivity index (χ2v) is 4.59. The van der Waals surface area contributed by atoms with Crippen molar-refractivity contribution in [1.82, 2.24) is 0 Å². The van der Waals surface area contributed by atoms with Gasteiger partial charge in [-0.05, 0) is 60.4 Å². The van der Waals surface area contributed by atoms with Gasteiger partial charge in [0.2, 0.25) is 0 Å². The first-order valence-electron chi connectivity index (χ1n) is 5.71. The monoisotopic (exact) mass is 242 g/mol. The molecule has 0 aliphatic rings. The van der Waals surface area contributed by atoms with Crippen LogP contribution in [0, 0.1) is 13.8 Å². The average Bonchev–Trinajstić information content (AvgIpc) is 2.31. The second kappa shape index (κ2) is 4.14. The summed E-state index contributed by atoms with van der Waals surface area (Å²) in [5.41, 5.74) is 29.8. The summed E-state index contributed by atoms with van der Waals surface area (Å²) in [7, 11) is 0. The van der Waals surface area contributed by atoms with Crippen LogP contribution < -0.4 is 22.9 Å². The normalized spacial score (nSPS) is 10.6. The van der Waals surface area contributed by atoms with Gasteiger partial charge in [-0.15, -0.1) is 0 Å². The Bertz CT molecular complexity index is 516. The predicted octanol–water partition coefficient (Wildman–Crippen LogP) is 2.30. The average molecular weight is 242 g/mol. The number of rotatable bonds is 1. The SMILES string of the molecule is Cc1cc(-c2cc(C)c(N)c(N)c2)cc(N)c1N. The summed E-state index contributed by atoms with van der Waals surface area (Å²) in [4.78, 5) is 0. The van der Waals surface area contributed by atoms with E-state index in [-0.39, 0.29) is 0 Å². The van der Waals surface area contributed by atoms with Gasteiger partial charge in [0, 0.05) is 0 Å². The van der Waals surface area contributed by atoms with Crippen LogP contribution in [0.4, 0.5) is 22.7 Å². The van der Waals surface area contributed by atoms with Crippen molar-refractivity contribution in [3.05, 3.63) is 35.4 Å². The lowest BCUT2D eigenvalue weighted by Crippen LogP contribution is -2.00. The zero-order chi connectivity index (χ0) is 13.4. The molecule has 0 fully saturated rings. The molecule has 0 bridgehead atoms.